The summed E-state index contributed by atoms with van der Waals surface area (Å²) in [6, 6.07) is 8.46. The van der Waals surface area contributed by atoms with Gasteiger partial charge in [0.2, 0.25) is 11.0 Å². The number of carbonyl (C=O) groups is 1. The largest absolute Gasteiger partial charge is 0.344 e. The van der Waals surface area contributed by atoms with Crippen molar-refractivity contribution < 1.29 is 4.79 Å². The highest BCUT2D eigenvalue weighted by atomic mass is 35.5. The van der Waals surface area contributed by atoms with Crippen molar-refractivity contribution >= 4 is 34.2 Å². The summed E-state index contributed by atoms with van der Waals surface area (Å²) in [5, 5.41) is 1.63. The summed E-state index contributed by atoms with van der Waals surface area (Å²) >= 11 is 7.41. The molecule has 1 amide bonds. The second-order valence-electron chi connectivity index (χ2n) is 11.1. The lowest BCUT2D eigenvalue weighted by molar-refractivity contribution is -0.132. The van der Waals surface area contributed by atoms with E-state index in [0.29, 0.717) is 30.8 Å². The van der Waals surface area contributed by atoms with Crippen LogP contribution in [-0.4, -0.2) is 45.3 Å². The number of rotatable bonds is 7. The van der Waals surface area contributed by atoms with E-state index >= 15 is 0 Å². The van der Waals surface area contributed by atoms with Crippen molar-refractivity contribution in [2.45, 2.75) is 78.8 Å². The SMILES string of the molecule is CC(C)N(CCC(=O)N1CC2(C)CC1CC(C)(C)C2)c1nc(Cc2ccc(Cl)cc2)ns1. The van der Waals surface area contributed by atoms with Gasteiger partial charge in [0.1, 0.15) is 5.82 Å². The Bertz CT molecular complexity index is 957. The van der Waals surface area contributed by atoms with Gasteiger partial charge in [-0.15, -0.1) is 0 Å². The molecule has 0 N–H and O–H groups in total. The van der Waals surface area contributed by atoms with Gasteiger partial charge in [0.25, 0.3) is 0 Å². The number of likely N-dealkylation sites (tertiary alicyclic amines) is 1. The Labute approximate surface area is 201 Å². The van der Waals surface area contributed by atoms with E-state index in [4.69, 9.17) is 16.6 Å². The van der Waals surface area contributed by atoms with E-state index in [0.717, 1.165) is 40.9 Å². The number of benzene rings is 1. The molecule has 2 aromatic rings. The van der Waals surface area contributed by atoms with Crippen LogP contribution in [0.15, 0.2) is 24.3 Å². The van der Waals surface area contributed by atoms with Crippen LogP contribution in [0.4, 0.5) is 5.13 Å². The smallest absolute Gasteiger partial charge is 0.224 e. The van der Waals surface area contributed by atoms with Gasteiger partial charge in [0.15, 0.2) is 0 Å². The van der Waals surface area contributed by atoms with Crippen molar-refractivity contribution in [2.24, 2.45) is 10.8 Å². The molecule has 2 aliphatic rings. The van der Waals surface area contributed by atoms with Gasteiger partial charge < -0.3 is 9.80 Å². The van der Waals surface area contributed by atoms with Crippen molar-refractivity contribution in [1.82, 2.24) is 14.3 Å². The maximum Gasteiger partial charge on any atom is 0.224 e. The Morgan fingerprint density at radius 3 is 2.66 bits per heavy atom. The molecule has 1 aliphatic carbocycles. The minimum Gasteiger partial charge on any atom is -0.344 e. The third kappa shape index (κ3) is 5.28. The topological polar surface area (TPSA) is 49.3 Å². The highest BCUT2D eigenvalue weighted by Gasteiger charge is 2.50. The standard InChI is InChI=1S/C25H35ClN4OS/c1-17(2)29(23-27-21(28-32-23)12-18-6-8-19(26)9-7-18)11-10-22(31)30-16-25(5)14-20(30)13-24(3,4)15-25/h6-9,17,20H,10-16H2,1-5H3. The molecule has 2 heterocycles. The summed E-state index contributed by atoms with van der Waals surface area (Å²) in [6.07, 6.45) is 4.69. The molecule has 32 heavy (non-hydrogen) atoms. The van der Waals surface area contributed by atoms with Crippen LogP contribution in [0.5, 0.6) is 0 Å². The molecule has 2 unspecified atom stereocenters. The van der Waals surface area contributed by atoms with Crippen LogP contribution in [0.25, 0.3) is 0 Å². The Kier molecular flexibility index (Phi) is 6.56. The van der Waals surface area contributed by atoms with E-state index in [1.807, 2.05) is 24.3 Å². The molecule has 4 rings (SSSR count). The first kappa shape index (κ1) is 23.5. The number of aromatic nitrogens is 2. The lowest BCUT2D eigenvalue weighted by Crippen LogP contribution is -2.40. The number of hydrogen-bond donors (Lipinski definition) is 0. The van der Waals surface area contributed by atoms with Gasteiger partial charge in [-0.1, -0.05) is 44.5 Å². The molecule has 0 radical (unpaired) electrons. The molecule has 2 bridgehead atoms. The van der Waals surface area contributed by atoms with E-state index in [9.17, 15) is 4.79 Å². The maximum absolute atomic E-state index is 13.2. The fourth-order valence-electron chi connectivity index (χ4n) is 5.90. The molecule has 5 nitrogen and oxygen atoms in total. The number of fused-ring (bicyclic) bond motifs is 2. The summed E-state index contributed by atoms with van der Waals surface area (Å²) in [5.41, 5.74) is 1.74. The van der Waals surface area contributed by atoms with Crippen molar-refractivity contribution in [3.8, 4) is 0 Å². The number of nitrogens with zero attached hydrogens (tertiary/aromatic N) is 4. The van der Waals surface area contributed by atoms with Crippen LogP contribution in [0.1, 0.15) is 71.7 Å². The Hall–Kier alpha value is -1.66. The van der Waals surface area contributed by atoms with Crippen LogP contribution < -0.4 is 4.90 Å². The van der Waals surface area contributed by atoms with E-state index in [1.54, 1.807) is 0 Å². The molecule has 2 atom stereocenters. The van der Waals surface area contributed by atoms with Crippen molar-refractivity contribution in [2.75, 3.05) is 18.0 Å². The van der Waals surface area contributed by atoms with E-state index in [-0.39, 0.29) is 17.4 Å². The van der Waals surface area contributed by atoms with Gasteiger partial charge in [0, 0.05) is 54.6 Å². The third-order valence-corrected chi connectivity index (χ3v) is 7.95. The average Bonchev–Trinajstić information content (AvgIpc) is 3.24. The van der Waals surface area contributed by atoms with Gasteiger partial charge in [-0.25, -0.2) is 4.98 Å². The molecule has 1 aliphatic heterocycles. The fourth-order valence-corrected chi connectivity index (χ4v) is 6.88. The first-order valence-corrected chi connectivity index (χ1v) is 12.8. The van der Waals surface area contributed by atoms with Gasteiger partial charge >= 0.3 is 0 Å². The minimum absolute atomic E-state index is 0.258. The number of halogens is 1. The molecule has 1 saturated heterocycles. The van der Waals surface area contributed by atoms with E-state index in [1.165, 1.54) is 18.0 Å². The van der Waals surface area contributed by atoms with Gasteiger partial charge in [-0.2, -0.15) is 4.37 Å². The summed E-state index contributed by atoms with van der Waals surface area (Å²) < 4.78 is 4.57. The molecule has 0 spiro atoms. The van der Waals surface area contributed by atoms with E-state index < -0.39 is 0 Å². The minimum atomic E-state index is 0.258. The Morgan fingerprint density at radius 1 is 1.25 bits per heavy atom. The third-order valence-electron chi connectivity index (χ3n) is 6.90. The molecule has 1 aromatic carbocycles. The first-order valence-electron chi connectivity index (χ1n) is 11.7. The molecule has 174 valence electrons. The highest BCUT2D eigenvalue weighted by molar-refractivity contribution is 7.09. The molecule has 2 fully saturated rings. The first-order chi connectivity index (χ1) is 15.0. The summed E-state index contributed by atoms with van der Waals surface area (Å²) in [7, 11) is 0. The van der Waals surface area contributed by atoms with Crippen molar-refractivity contribution in [1.29, 1.82) is 0 Å². The highest BCUT2D eigenvalue weighted by Crippen LogP contribution is 2.52. The Morgan fingerprint density at radius 2 is 1.97 bits per heavy atom. The normalized spacial score (nSPS) is 24.2. The number of carbonyl (C=O) groups excluding carboxylic acids is 1. The quantitative estimate of drug-likeness (QED) is 0.507. The maximum atomic E-state index is 13.2. The van der Waals surface area contributed by atoms with Gasteiger partial charge in [-0.3, -0.25) is 4.79 Å². The predicted octanol–water partition coefficient (Wildman–Crippen LogP) is 5.81. The van der Waals surface area contributed by atoms with Gasteiger partial charge in [0.05, 0.1) is 0 Å². The summed E-state index contributed by atoms with van der Waals surface area (Å²) in [6.45, 7) is 12.9. The van der Waals surface area contributed by atoms with Gasteiger partial charge in [-0.05, 0) is 61.6 Å². The van der Waals surface area contributed by atoms with Crippen LogP contribution in [-0.2, 0) is 11.2 Å². The average molecular weight is 475 g/mol. The van der Waals surface area contributed by atoms with Crippen molar-refractivity contribution in [3.63, 3.8) is 0 Å². The zero-order valence-electron chi connectivity index (χ0n) is 19.9. The zero-order valence-corrected chi connectivity index (χ0v) is 21.5. The van der Waals surface area contributed by atoms with Crippen molar-refractivity contribution in [3.05, 3.63) is 40.7 Å². The van der Waals surface area contributed by atoms with Crippen LogP contribution in [0.2, 0.25) is 5.02 Å². The van der Waals surface area contributed by atoms with Crippen LogP contribution in [0.3, 0.4) is 0 Å². The van der Waals surface area contributed by atoms with Crippen LogP contribution >= 0.6 is 23.1 Å². The number of anilines is 1. The molecule has 1 aromatic heterocycles. The summed E-state index contributed by atoms with van der Waals surface area (Å²) in [4.78, 5) is 22.4. The zero-order chi connectivity index (χ0) is 23.1. The lowest BCUT2D eigenvalue weighted by atomic mass is 9.65. The fraction of sp³-hybridized carbons (Fsp3) is 0.640. The van der Waals surface area contributed by atoms with Crippen LogP contribution in [0, 0.1) is 10.8 Å². The lowest BCUT2D eigenvalue weighted by Gasteiger charge is -2.39. The monoisotopic (exact) mass is 474 g/mol. The second kappa shape index (κ2) is 8.94. The molecule has 1 saturated carbocycles. The number of hydrogen-bond acceptors (Lipinski definition) is 5. The van der Waals surface area contributed by atoms with E-state index in [2.05, 4.69) is 48.8 Å². The molecule has 7 heteroatoms. The number of amides is 1. The Balaban J connectivity index is 1.39. The summed E-state index contributed by atoms with van der Waals surface area (Å²) in [5.74, 6) is 1.10. The molecular formula is C25H35ClN4OS. The predicted molar refractivity (Wildman–Crippen MR) is 133 cm³/mol. The molecular weight excluding hydrogens is 440 g/mol. The second-order valence-corrected chi connectivity index (χ2v) is 12.2.